The van der Waals surface area contributed by atoms with Gasteiger partial charge in [-0.25, -0.2) is 0 Å². The summed E-state index contributed by atoms with van der Waals surface area (Å²) in [4.78, 5) is 0. The van der Waals surface area contributed by atoms with E-state index in [1.165, 1.54) is 18.4 Å². The number of nitrogens with zero attached hydrogens (tertiary/aromatic N) is 4. The summed E-state index contributed by atoms with van der Waals surface area (Å²) in [6.07, 6.45) is 4.04. The lowest BCUT2D eigenvalue weighted by Gasteiger charge is -2.06. The van der Waals surface area contributed by atoms with Crippen LogP contribution in [-0.2, 0) is 0 Å². The van der Waals surface area contributed by atoms with Gasteiger partial charge in [0.2, 0.25) is 0 Å². The maximum absolute atomic E-state index is 6.03. The lowest BCUT2D eigenvalue weighted by molar-refractivity contribution is 0.896. The molecular formula is C9H9ClN4. The second-order valence-electron chi connectivity index (χ2n) is 3.70. The third kappa shape index (κ3) is 1.04. The fraction of sp³-hybridized carbons (Fsp3) is 0.444. The van der Waals surface area contributed by atoms with Crippen LogP contribution in [0.5, 0.6) is 0 Å². The van der Waals surface area contributed by atoms with Crippen molar-refractivity contribution in [3.05, 3.63) is 22.6 Å². The highest BCUT2D eigenvalue weighted by Gasteiger charge is 2.29. The molecule has 72 valence electrons. The predicted molar refractivity (Wildman–Crippen MR) is 52.5 cm³/mol. The Kier molecular flexibility index (Phi) is 1.56. The largest absolute Gasteiger partial charge is 0.199 e. The average Bonchev–Trinajstić information content (AvgIpc) is 2.88. The Bertz CT molecular complexity index is 501. The Labute approximate surface area is 85.9 Å². The molecule has 14 heavy (non-hydrogen) atoms. The molecule has 0 aliphatic heterocycles. The van der Waals surface area contributed by atoms with E-state index in [2.05, 4.69) is 15.3 Å². The molecule has 0 unspecified atom stereocenters. The fourth-order valence-electron chi connectivity index (χ4n) is 1.79. The molecule has 0 saturated heterocycles. The van der Waals surface area contributed by atoms with Crippen LogP contribution in [0.4, 0.5) is 0 Å². The first kappa shape index (κ1) is 8.17. The van der Waals surface area contributed by atoms with Gasteiger partial charge in [0.15, 0.2) is 10.8 Å². The predicted octanol–water partition coefficient (Wildman–Crippen LogP) is 1.96. The Morgan fingerprint density at radius 1 is 1.50 bits per heavy atom. The van der Waals surface area contributed by atoms with E-state index in [0.29, 0.717) is 11.1 Å². The summed E-state index contributed by atoms with van der Waals surface area (Å²) in [7, 11) is 0. The summed E-state index contributed by atoms with van der Waals surface area (Å²) in [5, 5.41) is 12.6. The minimum atomic E-state index is 0.555. The molecule has 0 spiro atoms. The van der Waals surface area contributed by atoms with Crippen molar-refractivity contribution in [2.75, 3.05) is 0 Å². The fourth-order valence-corrected chi connectivity index (χ4v) is 1.97. The van der Waals surface area contributed by atoms with Crippen molar-refractivity contribution < 1.29 is 0 Å². The molecule has 0 amide bonds. The first-order chi connectivity index (χ1) is 6.77. The third-order valence-corrected chi connectivity index (χ3v) is 3.03. The third-order valence-electron chi connectivity index (χ3n) is 2.67. The van der Waals surface area contributed by atoms with Crippen molar-refractivity contribution in [1.29, 1.82) is 0 Å². The van der Waals surface area contributed by atoms with Gasteiger partial charge in [0.25, 0.3) is 0 Å². The van der Waals surface area contributed by atoms with Gasteiger partial charge in [0.05, 0.1) is 0 Å². The molecule has 4 nitrogen and oxygen atoms in total. The van der Waals surface area contributed by atoms with Crippen LogP contribution in [0.2, 0.25) is 5.15 Å². The number of aromatic nitrogens is 4. The molecule has 1 saturated carbocycles. The van der Waals surface area contributed by atoms with E-state index in [4.69, 9.17) is 11.6 Å². The molecule has 1 aliphatic rings. The van der Waals surface area contributed by atoms with Crippen molar-refractivity contribution in [3.8, 4) is 0 Å². The number of rotatable bonds is 1. The first-order valence-electron chi connectivity index (χ1n) is 4.63. The molecule has 0 bridgehead atoms. The Morgan fingerprint density at radius 3 is 3.00 bits per heavy atom. The normalized spacial score (nSPS) is 16.4. The molecule has 1 fully saturated rings. The van der Waals surface area contributed by atoms with Crippen LogP contribution < -0.4 is 0 Å². The highest BCUT2D eigenvalue weighted by Crippen LogP contribution is 2.43. The van der Waals surface area contributed by atoms with E-state index in [0.717, 1.165) is 11.2 Å². The Hall–Kier alpha value is -1.16. The zero-order valence-electron chi connectivity index (χ0n) is 7.74. The molecule has 2 aromatic rings. The van der Waals surface area contributed by atoms with E-state index in [-0.39, 0.29) is 0 Å². The zero-order chi connectivity index (χ0) is 9.71. The molecule has 0 N–H and O–H groups in total. The molecule has 0 atom stereocenters. The highest BCUT2D eigenvalue weighted by atomic mass is 35.5. The molecule has 0 radical (unpaired) electrons. The van der Waals surface area contributed by atoms with Gasteiger partial charge in [0.1, 0.15) is 6.33 Å². The second kappa shape index (κ2) is 2.67. The monoisotopic (exact) mass is 208 g/mol. The lowest BCUT2D eigenvalue weighted by Crippen LogP contribution is -1.99. The SMILES string of the molecule is Cc1c(Cl)nn2cnnc2c1C1CC1. The van der Waals surface area contributed by atoms with Crippen LogP contribution in [-0.4, -0.2) is 19.8 Å². The topological polar surface area (TPSA) is 43.1 Å². The van der Waals surface area contributed by atoms with Gasteiger partial charge < -0.3 is 0 Å². The van der Waals surface area contributed by atoms with Gasteiger partial charge in [-0.05, 0) is 31.2 Å². The standard InChI is InChI=1S/C9H9ClN4/c1-5-7(6-2-3-6)9-12-11-4-14(9)13-8(5)10/h4,6H,2-3H2,1H3. The van der Waals surface area contributed by atoms with Crippen molar-refractivity contribution in [2.24, 2.45) is 0 Å². The van der Waals surface area contributed by atoms with Crippen molar-refractivity contribution in [2.45, 2.75) is 25.7 Å². The summed E-state index contributed by atoms with van der Waals surface area (Å²) in [6, 6.07) is 0. The van der Waals surface area contributed by atoms with E-state index in [1.807, 2.05) is 6.92 Å². The molecule has 2 heterocycles. The minimum absolute atomic E-state index is 0.555. The van der Waals surface area contributed by atoms with Crippen LogP contribution in [0, 0.1) is 6.92 Å². The molecular weight excluding hydrogens is 200 g/mol. The molecule has 0 aromatic carbocycles. The van der Waals surface area contributed by atoms with Crippen LogP contribution in [0.1, 0.15) is 29.9 Å². The van der Waals surface area contributed by atoms with Gasteiger partial charge in [-0.2, -0.15) is 9.61 Å². The van der Waals surface area contributed by atoms with Gasteiger partial charge >= 0.3 is 0 Å². The van der Waals surface area contributed by atoms with Crippen molar-refractivity contribution in [1.82, 2.24) is 19.8 Å². The van der Waals surface area contributed by atoms with Crippen LogP contribution >= 0.6 is 11.6 Å². The second-order valence-corrected chi connectivity index (χ2v) is 4.06. The van der Waals surface area contributed by atoms with E-state index < -0.39 is 0 Å². The smallest absolute Gasteiger partial charge is 0.181 e. The Balaban J connectivity index is 2.40. The van der Waals surface area contributed by atoms with Gasteiger partial charge in [-0.3, -0.25) is 0 Å². The minimum Gasteiger partial charge on any atom is -0.199 e. The number of halogens is 1. The first-order valence-corrected chi connectivity index (χ1v) is 5.01. The van der Waals surface area contributed by atoms with Crippen molar-refractivity contribution in [3.63, 3.8) is 0 Å². The maximum Gasteiger partial charge on any atom is 0.181 e. The van der Waals surface area contributed by atoms with E-state index >= 15 is 0 Å². The number of hydrogen-bond donors (Lipinski definition) is 0. The van der Waals surface area contributed by atoms with E-state index in [1.54, 1.807) is 10.8 Å². The zero-order valence-corrected chi connectivity index (χ0v) is 8.49. The molecule has 2 aromatic heterocycles. The maximum atomic E-state index is 6.03. The van der Waals surface area contributed by atoms with Gasteiger partial charge in [0, 0.05) is 5.56 Å². The molecule has 3 rings (SSSR count). The van der Waals surface area contributed by atoms with Gasteiger partial charge in [-0.1, -0.05) is 11.6 Å². The van der Waals surface area contributed by atoms with Crippen molar-refractivity contribution >= 4 is 17.2 Å². The Morgan fingerprint density at radius 2 is 2.29 bits per heavy atom. The van der Waals surface area contributed by atoms with E-state index in [9.17, 15) is 0 Å². The molecule has 5 heteroatoms. The van der Waals surface area contributed by atoms with Crippen LogP contribution in [0.25, 0.3) is 5.65 Å². The quantitative estimate of drug-likeness (QED) is 0.720. The summed E-state index contributed by atoms with van der Waals surface area (Å²) in [5.74, 6) is 0.613. The average molecular weight is 209 g/mol. The van der Waals surface area contributed by atoms with Crippen LogP contribution in [0.3, 0.4) is 0 Å². The summed E-state index contributed by atoms with van der Waals surface area (Å²) < 4.78 is 1.66. The summed E-state index contributed by atoms with van der Waals surface area (Å²) >= 11 is 6.03. The number of hydrogen-bond acceptors (Lipinski definition) is 3. The van der Waals surface area contributed by atoms with Gasteiger partial charge in [-0.15, -0.1) is 10.2 Å². The lowest BCUT2D eigenvalue weighted by atomic mass is 10.1. The molecule has 1 aliphatic carbocycles. The summed E-state index contributed by atoms with van der Waals surface area (Å²) in [6.45, 7) is 2.00. The number of fused-ring (bicyclic) bond motifs is 1. The summed E-state index contributed by atoms with van der Waals surface area (Å²) in [5.41, 5.74) is 3.13. The van der Waals surface area contributed by atoms with Crippen LogP contribution in [0.15, 0.2) is 6.33 Å². The highest BCUT2D eigenvalue weighted by molar-refractivity contribution is 6.30.